The molecule has 0 radical (unpaired) electrons. The van der Waals surface area contributed by atoms with Gasteiger partial charge in [-0.05, 0) is 42.9 Å². The summed E-state index contributed by atoms with van der Waals surface area (Å²) in [6.45, 7) is 12.5. The predicted octanol–water partition coefficient (Wildman–Crippen LogP) is 4.48. The summed E-state index contributed by atoms with van der Waals surface area (Å²) in [4.78, 5) is 34.7. The predicted molar refractivity (Wildman–Crippen MR) is 127 cm³/mol. The van der Waals surface area contributed by atoms with Gasteiger partial charge in [-0.3, -0.25) is 14.6 Å². The van der Waals surface area contributed by atoms with Crippen molar-refractivity contribution in [2.75, 3.05) is 5.75 Å². The second-order valence-electron chi connectivity index (χ2n) is 10.9. The Hall–Kier alpha value is -1.73. The highest BCUT2D eigenvalue weighted by Gasteiger charge is 2.68. The zero-order valence-corrected chi connectivity index (χ0v) is 20.9. The van der Waals surface area contributed by atoms with Gasteiger partial charge in [-0.15, -0.1) is 6.58 Å². The topological polar surface area (TPSA) is 89.4 Å². The van der Waals surface area contributed by atoms with Crippen LogP contribution in [0.1, 0.15) is 59.8 Å². The molecule has 0 aromatic carbocycles. The molecule has 1 heterocycles. The van der Waals surface area contributed by atoms with Gasteiger partial charge in [-0.2, -0.15) is 0 Å². The first-order chi connectivity index (χ1) is 15.6. The maximum absolute atomic E-state index is 13.4. The molecule has 0 unspecified atom stereocenters. The third kappa shape index (κ3) is 3.85. The van der Waals surface area contributed by atoms with E-state index in [4.69, 9.17) is 4.74 Å². The Morgan fingerprint density at radius 3 is 2.76 bits per heavy atom. The Balaban J connectivity index is 1.70. The molecule has 8 atom stereocenters. The summed E-state index contributed by atoms with van der Waals surface area (Å²) < 4.78 is 6.22. The van der Waals surface area contributed by atoms with Crippen LogP contribution >= 0.6 is 11.8 Å². The SMILES string of the molecule is C=C[C@]1(C)C[C@@H](OC(=O)CSc2cnccn2)[C@]2(C)[C@H](C)CC[C@]3(CCC(=O)[C@H]32)[C@@H](C)[C@@H]1O. The summed E-state index contributed by atoms with van der Waals surface area (Å²) in [7, 11) is 0. The Kier molecular flexibility index (Phi) is 6.51. The van der Waals surface area contributed by atoms with E-state index in [1.54, 1.807) is 18.6 Å². The third-order valence-electron chi connectivity index (χ3n) is 9.45. The molecule has 3 fully saturated rings. The van der Waals surface area contributed by atoms with Crippen LogP contribution in [0, 0.1) is 34.0 Å². The van der Waals surface area contributed by atoms with E-state index < -0.39 is 23.0 Å². The Bertz CT molecular complexity index is 926. The number of nitrogens with zero attached hydrogens (tertiary/aromatic N) is 2. The molecule has 3 aliphatic rings. The van der Waals surface area contributed by atoms with E-state index in [9.17, 15) is 14.7 Å². The lowest BCUT2D eigenvalue weighted by Crippen LogP contribution is -2.63. The van der Waals surface area contributed by atoms with Gasteiger partial charge in [-0.1, -0.05) is 45.5 Å². The van der Waals surface area contributed by atoms with Gasteiger partial charge in [0.15, 0.2) is 0 Å². The van der Waals surface area contributed by atoms with Crippen LogP contribution in [0.3, 0.4) is 0 Å². The fraction of sp³-hybridized carbons (Fsp3) is 0.692. The van der Waals surface area contributed by atoms with E-state index in [0.717, 1.165) is 19.3 Å². The van der Waals surface area contributed by atoms with Crippen LogP contribution in [0.5, 0.6) is 0 Å². The first kappa shape index (κ1) is 24.4. The van der Waals surface area contributed by atoms with Crippen LogP contribution in [-0.4, -0.2) is 44.8 Å². The maximum Gasteiger partial charge on any atom is 0.316 e. The Morgan fingerprint density at radius 1 is 1.33 bits per heavy atom. The average Bonchev–Trinajstić information content (AvgIpc) is 3.17. The molecule has 1 N–H and O–H groups in total. The standard InChI is InChI=1S/C26H36N2O4S/c1-6-24(4)13-19(32-21(30)15-33-20-14-27-11-12-28-20)25(5)16(2)7-9-26(17(3)23(24)31)10-8-18(29)22(25)26/h6,11-12,14,16-17,19,22-23,31H,1,7-10,13,15H2,2-5H3/t16-,17+,19-,22+,23+,24-,25+,26+/m1/s1. The molecular formula is C26H36N2O4S. The monoisotopic (exact) mass is 472 g/mol. The zero-order valence-electron chi connectivity index (χ0n) is 20.1. The summed E-state index contributed by atoms with van der Waals surface area (Å²) in [5.41, 5.74) is -1.37. The second kappa shape index (κ2) is 8.81. The fourth-order valence-electron chi connectivity index (χ4n) is 7.19. The summed E-state index contributed by atoms with van der Waals surface area (Å²) in [6.07, 6.45) is 9.16. The number of Topliss-reactive ketones (excluding diaryl/α,β-unsaturated/α-hetero) is 1. The number of hydrogen-bond donors (Lipinski definition) is 1. The molecule has 33 heavy (non-hydrogen) atoms. The smallest absolute Gasteiger partial charge is 0.316 e. The molecule has 1 aromatic rings. The number of ketones is 1. The van der Waals surface area contributed by atoms with Gasteiger partial charge in [0.1, 0.15) is 16.9 Å². The Morgan fingerprint density at radius 2 is 2.09 bits per heavy atom. The largest absolute Gasteiger partial charge is 0.461 e. The summed E-state index contributed by atoms with van der Waals surface area (Å²) >= 11 is 1.29. The molecule has 1 aromatic heterocycles. The number of aromatic nitrogens is 2. The van der Waals surface area contributed by atoms with Gasteiger partial charge in [0.05, 0.1) is 18.1 Å². The van der Waals surface area contributed by atoms with Crippen molar-refractivity contribution in [1.82, 2.24) is 9.97 Å². The minimum atomic E-state index is -0.656. The lowest BCUT2D eigenvalue weighted by atomic mass is 9.44. The maximum atomic E-state index is 13.4. The molecular weight excluding hydrogens is 436 g/mol. The van der Waals surface area contributed by atoms with Gasteiger partial charge in [-0.25, -0.2) is 4.98 Å². The van der Waals surface area contributed by atoms with Crippen molar-refractivity contribution in [3.8, 4) is 0 Å². The highest BCUT2D eigenvalue weighted by atomic mass is 32.2. The molecule has 4 rings (SSSR count). The molecule has 2 bridgehead atoms. The molecule has 0 saturated heterocycles. The molecule has 7 heteroatoms. The molecule has 3 saturated carbocycles. The Labute approximate surface area is 201 Å². The van der Waals surface area contributed by atoms with Crippen molar-refractivity contribution in [3.05, 3.63) is 31.2 Å². The highest BCUT2D eigenvalue weighted by Crippen LogP contribution is 2.68. The average molecular weight is 473 g/mol. The van der Waals surface area contributed by atoms with Crippen molar-refractivity contribution >= 4 is 23.5 Å². The first-order valence-corrected chi connectivity index (χ1v) is 13.0. The van der Waals surface area contributed by atoms with Crippen molar-refractivity contribution < 1.29 is 19.4 Å². The number of aliphatic hydroxyl groups excluding tert-OH is 1. The summed E-state index contributed by atoms with van der Waals surface area (Å²) in [6, 6.07) is 0. The van der Waals surface area contributed by atoms with E-state index in [-0.39, 0.29) is 40.7 Å². The normalized spacial score (nSPS) is 42.7. The van der Waals surface area contributed by atoms with Gasteiger partial charge in [0.2, 0.25) is 0 Å². The van der Waals surface area contributed by atoms with Crippen LogP contribution in [0.15, 0.2) is 36.3 Å². The van der Waals surface area contributed by atoms with Crippen LogP contribution in [0.4, 0.5) is 0 Å². The van der Waals surface area contributed by atoms with Crippen LogP contribution < -0.4 is 0 Å². The lowest BCUT2D eigenvalue weighted by Gasteiger charge is -2.61. The van der Waals surface area contributed by atoms with Crippen molar-refractivity contribution in [1.29, 1.82) is 0 Å². The van der Waals surface area contributed by atoms with E-state index in [0.29, 0.717) is 17.9 Å². The lowest BCUT2D eigenvalue weighted by molar-refractivity contribution is -0.205. The van der Waals surface area contributed by atoms with Gasteiger partial charge < -0.3 is 9.84 Å². The van der Waals surface area contributed by atoms with Gasteiger partial charge >= 0.3 is 5.97 Å². The number of esters is 1. The van der Waals surface area contributed by atoms with E-state index in [1.165, 1.54) is 11.8 Å². The molecule has 180 valence electrons. The number of thioether (sulfide) groups is 1. The van der Waals surface area contributed by atoms with Crippen molar-refractivity contribution in [2.45, 2.75) is 77.0 Å². The van der Waals surface area contributed by atoms with E-state index >= 15 is 0 Å². The molecule has 3 aliphatic carbocycles. The van der Waals surface area contributed by atoms with Crippen LogP contribution in [-0.2, 0) is 14.3 Å². The minimum Gasteiger partial charge on any atom is -0.461 e. The first-order valence-electron chi connectivity index (χ1n) is 12.0. The molecule has 6 nitrogen and oxygen atoms in total. The van der Waals surface area contributed by atoms with Crippen LogP contribution in [0.25, 0.3) is 0 Å². The van der Waals surface area contributed by atoms with Crippen molar-refractivity contribution in [2.24, 2.45) is 34.0 Å². The van der Waals surface area contributed by atoms with Gasteiger partial charge in [0, 0.05) is 35.6 Å². The molecule has 0 aliphatic heterocycles. The second-order valence-corrected chi connectivity index (χ2v) is 11.9. The van der Waals surface area contributed by atoms with E-state index in [2.05, 4.69) is 37.3 Å². The quantitative estimate of drug-likeness (QED) is 0.384. The summed E-state index contributed by atoms with van der Waals surface area (Å²) in [5, 5.41) is 12.2. The molecule has 0 spiro atoms. The minimum absolute atomic E-state index is 0.0346. The third-order valence-corrected chi connectivity index (χ3v) is 10.3. The summed E-state index contributed by atoms with van der Waals surface area (Å²) in [5.74, 6) is 0.0265. The number of carbonyl (C=O) groups excluding carboxylic acids is 2. The fourth-order valence-corrected chi connectivity index (χ4v) is 7.79. The van der Waals surface area contributed by atoms with E-state index in [1.807, 2.05) is 13.0 Å². The number of hydrogen-bond acceptors (Lipinski definition) is 7. The van der Waals surface area contributed by atoms with Crippen molar-refractivity contribution in [3.63, 3.8) is 0 Å². The number of carbonyl (C=O) groups is 2. The molecule has 0 amide bonds. The van der Waals surface area contributed by atoms with Crippen LogP contribution in [0.2, 0.25) is 0 Å². The zero-order chi connectivity index (χ0) is 24.0. The number of rotatable bonds is 5. The highest BCUT2D eigenvalue weighted by molar-refractivity contribution is 7.99. The number of aliphatic hydroxyl groups is 1. The number of ether oxygens (including phenoxy) is 1. The van der Waals surface area contributed by atoms with Gasteiger partial charge in [0.25, 0.3) is 0 Å².